The predicted molar refractivity (Wildman–Crippen MR) is 51.9 cm³/mol. The van der Waals surface area contributed by atoms with Gasteiger partial charge in [0.25, 0.3) is 0 Å². The lowest BCUT2D eigenvalue weighted by molar-refractivity contribution is -0.242. The zero-order chi connectivity index (χ0) is 13.8. The Morgan fingerprint density at radius 3 is 2.33 bits per heavy atom. The van der Waals surface area contributed by atoms with Gasteiger partial charge in [0.2, 0.25) is 0 Å². The third-order valence-corrected chi connectivity index (χ3v) is 1.85. The van der Waals surface area contributed by atoms with E-state index in [0.29, 0.717) is 0 Å². The van der Waals surface area contributed by atoms with Crippen molar-refractivity contribution in [2.75, 3.05) is 11.9 Å². The second-order valence-corrected chi connectivity index (χ2v) is 3.29. The zero-order valence-corrected chi connectivity index (χ0v) is 8.83. The first-order valence-corrected chi connectivity index (χ1v) is 4.68. The highest BCUT2D eigenvalue weighted by atomic mass is 19.3. The van der Waals surface area contributed by atoms with E-state index >= 15 is 0 Å². The molecule has 0 heterocycles. The highest BCUT2D eigenvalue weighted by molar-refractivity contribution is 5.81. The topological polar surface area (TPSA) is 61.4 Å². The minimum Gasteiger partial charge on any atom is -0.530 e. The zero-order valence-electron chi connectivity index (χ0n) is 8.83. The van der Waals surface area contributed by atoms with Gasteiger partial charge < -0.3 is 20.0 Å². The third-order valence-electron chi connectivity index (χ3n) is 1.85. The number of carboxylic acid groups (broad SMARTS) is 1. The standard InChI is InChI=1S/C10H9F4NO3/c11-8(12)10(13,14)5-18-7-3-1-6(2-4-7)15-9(16)17/h1-4,8,15H,5H2,(H,16,17)/p-1. The molecular formula is C10H8F4NO3-. The van der Waals surface area contributed by atoms with Crippen molar-refractivity contribution in [3.05, 3.63) is 24.3 Å². The average molecular weight is 266 g/mol. The first kappa shape index (κ1) is 14.1. The molecule has 1 aromatic rings. The predicted octanol–water partition coefficient (Wildman–Crippen LogP) is 1.72. The van der Waals surface area contributed by atoms with E-state index in [1.54, 1.807) is 0 Å². The summed E-state index contributed by atoms with van der Waals surface area (Å²) < 4.78 is 53.1. The van der Waals surface area contributed by atoms with E-state index in [-0.39, 0.29) is 11.4 Å². The minimum atomic E-state index is -4.23. The molecule has 0 aromatic heterocycles. The smallest absolute Gasteiger partial charge is 0.340 e. The molecule has 0 radical (unpaired) electrons. The van der Waals surface area contributed by atoms with Crippen LogP contribution in [0.1, 0.15) is 0 Å². The number of amides is 1. The molecule has 1 N–H and O–H groups in total. The number of anilines is 1. The molecule has 0 aliphatic rings. The number of carbonyl (C=O) groups excluding carboxylic acids is 1. The van der Waals surface area contributed by atoms with Gasteiger partial charge in [-0.3, -0.25) is 0 Å². The number of hydrogen-bond donors (Lipinski definition) is 1. The fourth-order valence-corrected chi connectivity index (χ4v) is 0.995. The van der Waals surface area contributed by atoms with Crippen LogP contribution in [0, 0.1) is 0 Å². The molecule has 1 aromatic carbocycles. The van der Waals surface area contributed by atoms with E-state index in [2.05, 4.69) is 4.74 Å². The minimum absolute atomic E-state index is 0.0841. The van der Waals surface area contributed by atoms with Gasteiger partial charge in [-0.15, -0.1) is 0 Å². The molecule has 0 saturated carbocycles. The van der Waals surface area contributed by atoms with Crippen LogP contribution < -0.4 is 15.2 Å². The summed E-state index contributed by atoms with van der Waals surface area (Å²) in [4.78, 5) is 10.1. The van der Waals surface area contributed by atoms with Crippen molar-refractivity contribution >= 4 is 11.8 Å². The molecule has 0 atom stereocenters. The van der Waals surface area contributed by atoms with Gasteiger partial charge >= 0.3 is 12.3 Å². The molecule has 0 unspecified atom stereocenters. The summed E-state index contributed by atoms with van der Waals surface area (Å²) in [5.41, 5.74) is 0.142. The summed E-state index contributed by atoms with van der Waals surface area (Å²) in [5.74, 6) is -4.32. The van der Waals surface area contributed by atoms with Crippen LogP contribution in [0.4, 0.5) is 28.0 Å². The molecule has 1 rings (SSSR count). The van der Waals surface area contributed by atoms with Crippen LogP contribution in [-0.4, -0.2) is 25.0 Å². The number of alkyl halides is 4. The normalized spacial score (nSPS) is 11.4. The molecule has 0 aliphatic carbocycles. The molecule has 0 fully saturated rings. The summed E-state index contributed by atoms with van der Waals surface area (Å²) in [7, 11) is 0. The lowest BCUT2D eigenvalue weighted by Gasteiger charge is -2.16. The number of rotatable bonds is 5. The summed E-state index contributed by atoms with van der Waals surface area (Å²) in [6, 6.07) is 4.75. The quantitative estimate of drug-likeness (QED) is 0.825. The fraction of sp³-hybridized carbons (Fsp3) is 0.300. The van der Waals surface area contributed by atoms with E-state index in [4.69, 9.17) is 0 Å². The Labute approximate surface area is 99.2 Å². The van der Waals surface area contributed by atoms with Crippen molar-refractivity contribution in [3.8, 4) is 5.75 Å². The van der Waals surface area contributed by atoms with Crippen molar-refractivity contribution in [1.29, 1.82) is 0 Å². The Hall–Kier alpha value is -1.99. The molecule has 1 amide bonds. The van der Waals surface area contributed by atoms with Crippen LogP contribution in [0.2, 0.25) is 0 Å². The molecule has 8 heteroatoms. The van der Waals surface area contributed by atoms with Gasteiger partial charge in [0.1, 0.15) is 11.8 Å². The maximum absolute atomic E-state index is 12.5. The molecule has 4 nitrogen and oxygen atoms in total. The van der Waals surface area contributed by atoms with Crippen LogP contribution in [-0.2, 0) is 0 Å². The summed E-state index contributed by atoms with van der Waals surface area (Å²) in [6.45, 7) is -1.46. The number of benzene rings is 1. The maximum atomic E-state index is 12.5. The number of halogens is 4. The van der Waals surface area contributed by atoms with Crippen molar-refractivity contribution in [2.45, 2.75) is 12.3 Å². The first-order valence-electron chi connectivity index (χ1n) is 4.68. The highest BCUT2D eigenvalue weighted by Crippen LogP contribution is 2.24. The van der Waals surface area contributed by atoms with Crippen molar-refractivity contribution < 1.29 is 32.2 Å². The number of ether oxygens (including phenoxy) is 1. The molecule has 0 aliphatic heterocycles. The summed E-state index contributed by atoms with van der Waals surface area (Å²) in [6.07, 6.45) is -5.34. The Morgan fingerprint density at radius 2 is 1.89 bits per heavy atom. The van der Waals surface area contributed by atoms with Crippen LogP contribution >= 0.6 is 0 Å². The largest absolute Gasteiger partial charge is 0.530 e. The summed E-state index contributed by atoms with van der Waals surface area (Å²) in [5, 5.41) is 12.1. The second-order valence-electron chi connectivity index (χ2n) is 3.29. The third kappa shape index (κ3) is 4.11. The van der Waals surface area contributed by atoms with E-state index in [1.165, 1.54) is 12.1 Å². The number of nitrogens with one attached hydrogen (secondary N) is 1. The second kappa shape index (κ2) is 5.56. The van der Waals surface area contributed by atoms with Crippen LogP contribution in [0.3, 0.4) is 0 Å². The summed E-state index contributed by atoms with van der Waals surface area (Å²) >= 11 is 0. The lowest BCUT2D eigenvalue weighted by atomic mass is 10.3. The van der Waals surface area contributed by atoms with Crippen molar-refractivity contribution in [2.24, 2.45) is 0 Å². The van der Waals surface area contributed by atoms with Gasteiger partial charge in [-0.25, -0.2) is 8.78 Å². The Kier molecular flexibility index (Phi) is 4.35. The molecule has 100 valence electrons. The van der Waals surface area contributed by atoms with Crippen LogP contribution in [0.5, 0.6) is 5.75 Å². The molecule has 0 spiro atoms. The van der Waals surface area contributed by atoms with Gasteiger partial charge in [0, 0.05) is 5.69 Å². The molecular weight excluding hydrogens is 258 g/mol. The van der Waals surface area contributed by atoms with Gasteiger partial charge in [-0.05, 0) is 24.3 Å². The molecule has 18 heavy (non-hydrogen) atoms. The van der Waals surface area contributed by atoms with Gasteiger partial charge in [-0.1, -0.05) is 0 Å². The SMILES string of the molecule is O=C([O-])Nc1ccc(OCC(F)(F)C(F)F)cc1. The molecule has 0 saturated heterocycles. The van der Waals surface area contributed by atoms with E-state index < -0.39 is 25.0 Å². The Balaban J connectivity index is 2.56. The van der Waals surface area contributed by atoms with Crippen molar-refractivity contribution in [1.82, 2.24) is 0 Å². The first-order chi connectivity index (χ1) is 8.31. The average Bonchev–Trinajstić information content (AvgIpc) is 2.27. The maximum Gasteiger partial charge on any atom is 0.340 e. The van der Waals surface area contributed by atoms with Gasteiger partial charge in [-0.2, -0.15) is 8.78 Å². The highest BCUT2D eigenvalue weighted by Gasteiger charge is 2.41. The monoisotopic (exact) mass is 266 g/mol. The molecule has 0 bridgehead atoms. The lowest BCUT2D eigenvalue weighted by Crippen LogP contribution is -2.33. The van der Waals surface area contributed by atoms with E-state index in [1.807, 2.05) is 5.32 Å². The Morgan fingerprint density at radius 1 is 1.33 bits per heavy atom. The number of hydrogen-bond acceptors (Lipinski definition) is 3. The van der Waals surface area contributed by atoms with Gasteiger partial charge in [0.05, 0.1) is 0 Å². The van der Waals surface area contributed by atoms with E-state index in [0.717, 1.165) is 12.1 Å². The van der Waals surface area contributed by atoms with Gasteiger partial charge in [0.15, 0.2) is 6.61 Å². The van der Waals surface area contributed by atoms with Crippen molar-refractivity contribution in [3.63, 3.8) is 0 Å². The van der Waals surface area contributed by atoms with E-state index in [9.17, 15) is 27.5 Å². The number of carbonyl (C=O) groups is 1. The Bertz CT molecular complexity index is 408. The fourth-order valence-electron chi connectivity index (χ4n) is 0.995. The van der Waals surface area contributed by atoms with Crippen LogP contribution in [0.25, 0.3) is 0 Å². The van der Waals surface area contributed by atoms with Crippen LogP contribution in [0.15, 0.2) is 24.3 Å².